The molecule has 1 amide bonds. The second-order valence-electron chi connectivity index (χ2n) is 9.27. The number of carbonyl (C=O) groups excluding carboxylic acids is 1. The number of carbonyl (C=O) groups is 1. The molecule has 1 aromatic heterocycles. The molecule has 0 aliphatic heterocycles. The molecule has 0 bridgehead atoms. The van der Waals surface area contributed by atoms with Gasteiger partial charge in [-0.05, 0) is 68.9 Å². The normalized spacial score (nSPS) is 12.5. The third-order valence-electron chi connectivity index (χ3n) is 5.81. The van der Waals surface area contributed by atoms with Crippen LogP contribution in [0.3, 0.4) is 0 Å². The van der Waals surface area contributed by atoms with Gasteiger partial charge in [0.25, 0.3) is 0 Å². The van der Waals surface area contributed by atoms with Gasteiger partial charge in [0.2, 0.25) is 5.91 Å². The van der Waals surface area contributed by atoms with Gasteiger partial charge in [0.15, 0.2) is 0 Å². The molecule has 0 aliphatic carbocycles. The minimum absolute atomic E-state index is 0.0309. The number of imidazole rings is 1. The van der Waals surface area contributed by atoms with Gasteiger partial charge in [-0.2, -0.15) is 0 Å². The van der Waals surface area contributed by atoms with Crippen LogP contribution >= 0.6 is 0 Å². The Hall–Kier alpha value is -2.79. The summed E-state index contributed by atoms with van der Waals surface area (Å²) in [6.45, 7) is 5.76. The number of aromatic nitrogens is 2. The number of H-pyrrole nitrogens is 1. The molecular weight excluding hydrogens is 478 g/mol. The highest BCUT2D eigenvalue weighted by molar-refractivity contribution is 7.82. The van der Waals surface area contributed by atoms with E-state index in [0.29, 0.717) is 19.7 Å². The number of nitrogens with one attached hydrogen (secondary N) is 1. The average molecular weight is 516 g/mol. The molecular formula is C26H37N5O4S. The maximum atomic E-state index is 13.0. The Labute approximate surface area is 216 Å². The molecule has 3 aromatic rings. The lowest BCUT2D eigenvalue weighted by atomic mass is 10.1. The first-order chi connectivity index (χ1) is 17.1. The number of likely N-dealkylation sites (N-methyl/N-ethyl adjacent to an activating group) is 2. The van der Waals surface area contributed by atoms with Gasteiger partial charge in [0.05, 0.1) is 36.2 Å². The topological polar surface area (TPSA) is 91.0 Å². The van der Waals surface area contributed by atoms with Gasteiger partial charge in [-0.15, -0.1) is 0 Å². The van der Waals surface area contributed by atoms with Crippen LogP contribution in [-0.2, 0) is 33.6 Å². The van der Waals surface area contributed by atoms with E-state index >= 15 is 0 Å². The van der Waals surface area contributed by atoms with Crippen molar-refractivity contribution in [2.24, 2.45) is 0 Å². The maximum Gasteiger partial charge on any atom is 0.248 e. The first-order valence-corrected chi connectivity index (χ1v) is 12.9. The molecule has 1 unspecified atom stereocenters. The van der Waals surface area contributed by atoms with E-state index in [2.05, 4.69) is 14.9 Å². The van der Waals surface area contributed by atoms with Crippen LogP contribution in [0.2, 0.25) is 0 Å². The fourth-order valence-corrected chi connectivity index (χ4v) is 5.17. The van der Waals surface area contributed by atoms with Crippen LogP contribution in [0, 0.1) is 13.8 Å². The summed E-state index contributed by atoms with van der Waals surface area (Å²) in [5, 5.41) is 0. The molecule has 0 saturated carbocycles. The lowest BCUT2D eigenvalue weighted by Crippen LogP contribution is -2.32. The van der Waals surface area contributed by atoms with Crippen LogP contribution < -0.4 is 4.74 Å². The number of aromatic amines is 1. The summed E-state index contributed by atoms with van der Waals surface area (Å²) in [5.41, 5.74) is 4.71. The van der Waals surface area contributed by atoms with E-state index in [1.165, 1.54) is 0 Å². The second kappa shape index (κ2) is 12.4. The number of rotatable bonds is 12. The molecule has 1 atom stereocenters. The van der Waals surface area contributed by atoms with E-state index in [4.69, 9.17) is 9.47 Å². The smallest absolute Gasteiger partial charge is 0.248 e. The number of hydrogen-bond acceptors (Lipinski definition) is 6. The van der Waals surface area contributed by atoms with Gasteiger partial charge in [0.1, 0.15) is 29.2 Å². The van der Waals surface area contributed by atoms with Crippen LogP contribution in [0.4, 0.5) is 0 Å². The van der Waals surface area contributed by atoms with Gasteiger partial charge in [0, 0.05) is 27.2 Å². The quantitative estimate of drug-likeness (QED) is 0.373. The summed E-state index contributed by atoms with van der Waals surface area (Å²) in [6, 6.07) is 9.75. The Balaban J connectivity index is 1.47. The molecule has 0 fully saturated rings. The summed E-state index contributed by atoms with van der Waals surface area (Å²) >= 11 is 0. The van der Waals surface area contributed by atoms with Crippen LogP contribution in [0.5, 0.6) is 5.75 Å². The molecule has 2 aromatic carbocycles. The highest BCUT2D eigenvalue weighted by atomic mass is 32.2. The largest absolute Gasteiger partial charge is 0.497 e. The Morgan fingerprint density at radius 2 is 1.75 bits per heavy atom. The van der Waals surface area contributed by atoms with Gasteiger partial charge < -0.3 is 24.3 Å². The van der Waals surface area contributed by atoms with Crippen molar-refractivity contribution in [1.82, 2.24) is 24.1 Å². The zero-order chi connectivity index (χ0) is 26.4. The zero-order valence-corrected chi connectivity index (χ0v) is 23.1. The Bertz CT molecular complexity index is 1200. The molecule has 3 rings (SSSR count). The Morgan fingerprint density at radius 1 is 1.06 bits per heavy atom. The number of ether oxygens (including phenoxy) is 2. The molecule has 1 heterocycles. The van der Waals surface area contributed by atoms with Crippen molar-refractivity contribution in [3.63, 3.8) is 0 Å². The van der Waals surface area contributed by atoms with Crippen LogP contribution in [0.15, 0.2) is 35.2 Å². The second-order valence-corrected chi connectivity index (χ2v) is 10.8. The summed E-state index contributed by atoms with van der Waals surface area (Å²) in [7, 11) is 7.83. The van der Waals surface area contributed by atoms with Crippen molar-refractivity contribution < 1.29 is 18.5 Å². The molecule has 36 heavy (non-hydrogen) atoms. The van der Waals surface area contributed by atoms with E-state index in [1.807, 2.05) is 58.3 Å². The number of fused-ring (bicyclic) bond motifs is 1. The lowest BCUT2D eigenvalue weighted by molar-refractivity contribution is -0.135. The lowest BCUT2D eigenvalue weighted by Gasteiger charge is -2.20. The number of methoxy groups -OCH3 is 1. The maximum absolute atomic E-state index is 13.0. The predicted octanol–water partition coefficient (Wildman–Crippen LogP) is 2.88. The molecule has 0 radical (unpaired) electrons. The fraction of sp³-hybridized carbons (Fsp3) is 0.462. The van der Waals surface area contributed by atoms with Crippen molar-refractivity contribution in [1.29, 1.82) is 0 Å². The SMILES string of the molecule is COc1cc(C)c(S(=O)N(C)CCOCC(=O)N(C)Cc2ccc3nc(CN(C)C)[nH]c3c2)c(C)c1. The molecule has 0 aliphatic rings. The average Bonchev–Trinajstić information content (AvgIpc) is 3.21. The summed E-state index contributed by atoms with van der Waals surface area (Å²) < 4.78 is 25.6. The van der Waals surface area contributed by atoms with Crippen LogP contribution in [0.25, 0.3) is 11.0 Å². The van der Waals surface area contributed by atoms with Crippen molar-refractivity contribution in [3.8, 4) is 5.75 Å². The first kappa shape index (κ1) is 27.8. The number of nitrogens with zero attached hydrogens (tertiary/aromatic N) is 4. The predicted molar refractivity (Wildman–Crippen MR) is 142 cm³/mol. The highest BCUT2D eigenvalue weighted by Crippen LogP contribution is 2.25. The third-order valence-corrected chi connectivity index (χ3v) is 7.55. The Kier molecular flexibility index (Phi) is 9.61. The summed E-state index contributed by atoms with van der Waals surface area (Å²) in [5.74, 6) is 1.55. The van der Waals surface area contributed by atoms with Crippen LogP contribution in [-0.4, -0.2) is 89.2 Å². The number of aryl methyl sites for hydroxylation is 2. The van der Waals surface area contributed by atoms with Crippen molar-refractivity contribution in [2.45, 2.75) is 31.8 Å². The molecule has 0 saturated heterocycles. The Morgan fingerprint density at radius 3 is 2.39 bits per heavy atom. The number of benzene rings is 2. The molecule has 0 spiro atoms. The number of hydrogen-bond donors (Lipinski definition) is 1. The fourth-order valence-electron chi connectivity index (χ4n) is 3.95. The molecule has 196 valence electrons. The standard InChI is InChI=1S/C26H37N5O4S/c1-18-12-21(34-7)13-19(2)26(18)36(33)31(6)10-11-35-17-25(32)30(5)15-20-8-9-22-23(14-20)28-24(27-22)16-29(3)4/h8-9,12-14H,10-11,15-17H2,1-7H3,(H,27,28). The monoisotopic (exact) mass is 515 g/mol. The van der Waals surface area contributed by atoms with Crippen molar-refractivity contribution >= 4 is 27.9 Å². The third kappa shape index (κ3) is 7.13. The van der Waals surface area contributed by atoms with Crippen molar-refractivity contribution in [3.05, 3.63) is 52.8 Å². The van der Waals surface area contributed by atoms with Crippen molar-refractivity contribution in [2.75, 3.05) is 55.1 Å². The molecule has 10 heteroatoms. The van der Waals surface area contributed by atoms with Gasteiger partial charge >= 0.3 is 0 Å². The van der Waals surface area contributed by atoms with E-state index < -0.39 is 11.0 Å². The first-order valence-electron chi connectivity index (χ1n) is 11.8. The van der Waals surface area contributed by atoms with E-state index in [9.17, 15) is 9.00 Å². The molecule has 1 N–H and O–H groups in total. The summed E-state index contributed by atoms with van der Waals surface area (Å²) in [4.78, 5) is 25.0. The van der Waals surface area contributed by atoms with Gasteiger partial charge in [-0.25, -0.2) is 13.5 Å². The van der Waals surface area contributed by atoms with Gasteiger partial charge in [-0.1, -0.05) is 6.07 Å². The van der Waals surface area contributed by atoms with Crippen LogP contribution in [0.1, 0.15) is 22.5 Å². The number of amides is 1. The summed E-state index contributed by atoms with van der Waals surface area (Å²) in [6.07, 6.45) is 0. The van der Waals surface area contributed by atoms with E-state index in [0.717, 1.165) is 50.7 Å². The van der Waals surface area contributed by atoms with E-state index in [1.54, 1.807) is 30.4 Å². The zero-order valence-electron chi connectivity index (χ0n) is 22.3. The van der Waals surface area contributed by atoms with Gasteiger partial charge in [-0.3, -0.25) is 4.79 Å². The minimum atomic E-state index is -1.33. The minimum Gasteiger partial charge on any atom is -0.497 e. The molecule has 9 nitrogen and oxygen atoms in total. The van der Waals surface area contributed by atoms with E-state index in [-0.39, 0.29) is 12.5 Å². The highest BCUT2D eigenvalue weighted by Gasteiger charge is 2.17.